The number of rotatable bonds is 5. The summed E-state index contributed by atoms with van der Waals surface area (Å²) in [6, 6.07) is 22.6. The second kappa shape index (κ2) is 8.84. The highest BCUT2D eigenvalue weighted by molar-refractivity contribution is 6.23. The fourth-order valence-corrected chi connectivity index (χ4v) is 5.62. The first-order valence-electron chi connectivity index (χ1n) is 12.6. The molecule has 0 radical (unpaired) electrons. The van der Waals surface area contributed by atoms with Gasteiger partial charge in [0.2, 0.25) is 0 Å². The molecule has 0 atom stereocenters. The molecule has 0 unspecified atom stereocenters. The third-order valence-electron chi connectivity index (χ3n) is 7.37. The summed E-state index contributed by atoms with van der Waals surface area (Å²) in [5.74, 6) is 1.85. The van der Waals surface area contributed by atoms with E-state index in [9.17, 15) is 9.59 Å². The van der Waals surface area contributed by atoms with Crippen molar-refractivity contribution in [1.29, 1.82) is 0 Å². The molecule has 2 aliphatic heterocycles. The van der Waals surface area contributed by atoms with Crippen molar-refractivity contribution in [3.05, 3.63) is 95.2 Å². The first kappa shape index (κ1) is 23.9. The Bertz CT molecular complexity index is 1680. The van der Waals surface area contributed by atoms with Crippen molar-refractivity contribution in [2.45, 2.75) is 26.7 Å². The summed E-state index contributed by atoms with van der Waals surface area (Å²) < 4.78 is 12.7. The van der Waals surface area contributed by atoms with Crippen LogP contribution in [-0.2, 0) is 6.42 Å². The summed E-state index contributed by atoms with van der Waals surface area (Å²) in [7, 11) is 3.22. The Labute approximate surface area is 221 Å². The smallest absolute Gasteiger partial charge is 0.194 e. The maximum Gasteiger partial charge on any atom is 0.194 e. The fourth-order valence-electron chi connectivity index (χ4n) is 5.62. The lowest BCUT2D eigenvalue weighted by molar-refractivity contribution is 0.0899. The van der Waals surface area contributed by atoms with Gasteiger partial charge in [-0.2, -0.15) is 0 Å². The van der Waals surface area contributed by atoms with Crippen molar-refractivity contribution in [1.82, 2.24) is 9.55 Å². The van der Waals surface area contributed by atoms with Gasteiger partial charge in [0.05, 0.1) is 19.7 Å². The number of hydrogen-bond acceptors (Lipinski definition) is 5. The highest BCUT2D eigenvalue weighted by atomic mass is 16.5. The Hall–Kier alpha value is -4.45. The number of ketones is 2. The van der Waals surface area contributed by atoms with E-state index >= 15 is 0 Å². The average molecular weight is 505 g/mol. The van der Waals surface area contributed by atoms with Crippen LogP contribution in [0.2, 0.25) is 0 Å². The molecule has 0 fully saturated rings. The van der Waals surface area contributed by atoms with Crippen LogP contribution in [0.1, 0.15) is 52.2 Å². The summed E-state index contributed by atoms with van der Waals surface area (Å²) in [6.45, 7) is 4.19. The third-order valence-corrected chi connectivity index (χ3v) is 7.37. The molecule has 6 nitrogen and oxygen atoms in total. The first-order valence-corrected chi connectivity index (χ1v) is 12.6. The van der Waals surface area contributed by atoms with Crippen LogP contribution in [0.15, 0.2) is 72.8 Å². The van der Waals surface area contributed by atoms with Crippen molar-refractivity contribution < 1.29 is 19.1 Å². The van der Waals surface area contributed by atoms with E-state index in [4.69, 9.17) is 14.5 Å². The molecule has 6 heteroatoms. The van der Waals surface area contributed by atoms with Crippen LogP contribution in [0.3, 0.4) is 0 Å². The zero-order chi connectivity index (χ0) is 26.6. The lowest BCUT2D eigenvalue weighted by Gasteiger charge is -2.35. The summed E-state index contributed by atoms with van der Waals surface area (Å²) in [5.41, 5.74) is 4.31. The van der Waals surface area contributed by atoms with Crippen molar-refractivity contribution in [2.24, 2.45) is 5.41 Å². The van der Waals surface area contributed by atoms with Gasteiger partial charge in [0.15, 0.2) is 11.6 Å². The van der Waals surface area contributed by atoms with E-state index < -0.39 is 0 Å². The molecule has 0 spiro atoms. The van der Waals surface area contributed by atoms with Gasteiger partial charge in [-0.3, -0.25) is 14.2 Å². The number of para-hydroxylation sites is 1. The number of methoxy groups -OCH3 is 2. The van der Waals surface area contributed by atoms with Gasteiger partial charge in [0.25, 0.3) is 0 Å². The van der Waals surface area contributed by atoms with Crippen LogP contribution < -0.4 is 9.47 Å². The highest BCUT2D eigenvalue weighted by Gasteiger charge is 2.40. The number of ether oxygens (including phenoxy) is 2. The van der Waals surface area contributed by atoms with Crippen LogP contribution in [0.25, 0.3) is 28.0 Å². The molecule has 0 bridgehead atoms. The van der Waals surface area contributed by atoms with Gasteiger partial charge < -0.3 is 9.47 Å². The normalized spacial score (nSPS) is 14.5. The van der Waals surface area contributed by atoms with Gasteiger partial charge in [-0.25, -0.2) is 4.98 Å². The van der Waals surface area contributed by atoms with Crippen molar-refractivity contribution in [3.8, 4) is 28.6 Å². The van der Waals surface area contributed by atoms with E-state index in [1.165, 1.54) is 0 Å². The van der Waals surface area contributed by atoms with Crippen LogP contribution in [0, 0.1) is 5.41 Å². The Morgan fingerprint density at radius 3 is 2.13 bits per heavy atom. The third kappa shape index (κ3) is 3.76. The molecule has 3 aliphatic rings. The number of fused-ring (bicyclic) bond motifs is 4. The zero-order valence-electron chi connectivity index (χ0n) is 21.9. The number of carbonyl (C=O) groups is 2. The second-order valence-corrected chi connectivity index (χ2v) is 10.6. The zero-order valence-corrected chi connectivity index (χ0v) is 21.9. The van der Waals surface area contributed by atoms with E-state index in [2.05, 4.69) is 18.4 Å². The number of aromatic nitrogens is 2. The molecule has 3 aromatic rings. The van der Waals surface area contributed by atoms with Gasteiger partial charge in [0, 0.05) is 45.4 Å². The van der Waals surface area contributed by atoms with Gasteiger partial charge in [-0.05, 0) is 66.4 Å². The Kier molecular flexibility index (Phi) is 5.56. The summed E-state index contributed by atoms with van der Waals surface area (Å²) >= 11 is 0. The van der Waals surface area contributed by atoms with E-state index in [1.54, 1.807) is 38.5 Å². The molecular formula is C32H28N2O4. The Morgan fingerprint density at radius 1 is 0.842 bits per heavy atom. The molecule has 190 valence electrons. The molecule has 0 saturated heterocycles. The number of hydrogen-bond donors (Lipinski definition) is 0. The van der Waals surface area contributed by atoms with E-state index in [1.807, 2.05) is 48.5 Å². The summed E-state index contributed by atoms with van der Waals surface area (Å²) in [5, 5.41) is 0.849. The molecule has 38 heavy (non-hydrogen) atoms. The Morgan fingerprint density at radius 2 is 1.47 bits per heavy atom. The van der Waals surface area contributed by atoms with Crippen LogP contribution >= 0.6 is 0 Å². The van der Waals surface area contributed by atoms with Crippen LogP contribution in [0.4, 0.5) is 0 Å². The Balaban J connectivity index is 1.74. The summed E-state index contributed by atoms with van der Waals surface area (Å²) in [6.07, 6.45) is 0.991. The molecular weight excluding hydrogens is 476 g/mol. The second-order valence-electron chi connectivity index (χ2n) is 10.6. The lowest BCUT2D eigenvalue weighted by atomic mass is 9.72. The molecule has 0 amide bonds. The van der Waals surface area contributed by atoms with Crippen molar-refractivity contribution >= 4 is 22.5 Å². The van der Waals surface area contributed by atoms with E-state index in [0.29, 0.717) is 46.7 Å². The number of benzene rings is 3. The molecule has 0 aromatic heterocycles. The number of nitrogens with zero attached hydrogens (tertiary/aromatic N) is 2. The van der Waals surface area contributed by atoms with Gasteiger partial charge in [-0.1, -0.05) is 32.0 Å². The van der Waals surface area contributed by atoms with Crippen molar-refractivity contribution in [2.75, 3.05) is 14.2 Å². The van der Waals surface area contributed by atoms with Gasteiger partial charge in [-0.15, -0.1) is 0 Å². The average Bonchev–Trinajstić information content (AvgIpc) is 3.30. The molecule has 2 heterocycles. The number of Topliss-reactive ketones (excluding diaryl/α,β-unsaturated/α-hetero) is 1. The molecule has 3 aromatic carbocycles. The monoisotopic (exact) mass is 504 g/mol. The topological polar surface area (TPSA) is 70.4 Å². The maximum absolute atomic E-state index is 14.3. The fraction of sp³-hybridized carbons (Fsp3) is 0.219. The first-order chi connectivity index (χ1) is 18.3. The van der Waals surface area contributed by atoms with Gasteiger partial charge in [0.1, 0.15) is 17.3 Å². The maximum atomic E-state index is 14.3. The van der Waals surface area contributed by atoms with Crippen molar-refractivity contribution in [3.63, 3.8) is 0 Å². The standard InChI is InChI=1S/C32H28N2O4/c1-32(2)17-25-28(26(35)18-32)29(30(36)19-9-13-21(37-3)14-10-19)27-23-7-5-6-8-24(23)33-31(27)34(25)20-11-15-22(38-4)16-12-20/h5-16H,17-18H2,1-4H3. The molecule has 6 rings (SSSR count). The largest absolute Gasteiger partial charge is 0.497 e. The van der Waals surface area contributed by atoms with Crippen LogP contribution in [0.5, 0.6) is 11.5 Å². The lowest BCUT2D eigenvalue weighted by Crippen LogP contribution is -2.33. The number of pyridine rings is 1. The number of carbonyl (C=O) groups excluding carboxylic acids is 2. The summed E-state index contributed by atoms with van der Waals surface area (Å²) in [4.78, 5) is 33.2. The minimum Gasteiger partial charge on any atom is -0.497 e. The molecule has 0 saturated carbocycles. The quantitative estimate of drug-likeness (QED) is 0.254. The minimum absolute atomic E-state index is 0.0254. The van der Waals surface area contributed by atoms with Crippen LogP contribution in [-0.4, -0.2) is 35.3 Å². The molecule has 1 aliphatic carbocycles. The predicted octanol–water partition coefficient (Wildman–Crippen LogP) is 6.53. The van der Waals surface area contributed by atoms with E-state index in [-0.39, 0.29) is 17.0 Å². The highest BCUT2D eigenvalue weighted by Crippen LogP contribution is 2.45. The minimum atomic E-state index is -0.265. The SMILES string of the molecule is COc1ccc(C(=O)c2c3c(n(-c4ccc(OC)cc4)c4nc5ccccc5c2-4)CC(C)(C)CC3=O)cc1. The van der Waals surface area contributed by atoms with E-state index in [0.717, 1.165) is 28.0 Å². The van der Waals surface area contributed by atoms with Gasteiger partial charge >= 0.3 is 0 Å². The predicted molar refractivity (Wildman–Crippen MR) is 147 cm³/mol. The molecule has 0 N–H and O–H groups in total.